The van der Waals surface area contributed by atoms with Crippen LogP contribution in [0.5, 0.6) is 0 Å². The van der Waals surface area contributed by atoms with Gasteiger partial charge in [-0.2, -0.15) is 0 Å². The summed E-state index contributed by atoms with van der Waals surface area (Å²) in [5.41, 5.74) is 0.819. The minimum Gasteiger partial charge on any atom is -0.375 e. The summed E-state index contributed by atoms with van der Waals surface area (Å²) < 4.78 is 35.1. The molecule has 1 spiro atoms. The summed E-state index contributed by atoms with van der Waals surface area (Å²) in [7, 11) is -3.21. The van der Waals surface area contributed by atoms with E-state index in [0.717, 1.165) is 5.69 Å². The molecule has 1 aromatic rings. The number of sulfone groups is 1. The molecule has 25 heavy (non-hydrogen) atoms. The summed E-state index contributed by atoms with van der Waals surface area (Å²) in [4.78, 5) is 17.8. The van der Waals surface area contributed by atoms with Gasteiger partial charge in [-0.1, -0.05) is 6.07 Å². The molecular formula is C17H24N2O5S. The maximum absolute atomic E-state index is 12.6. The average molecular weight is 368 g/mol. The smallest absolute Gasteiger partial charge is 0.248 e. The molecule has 138 valence electrons. The molecule has 0 aromatic carbocycles. The summed E-state index contributed by atoms with van der Waals surface area (Å²) in [5, 5.41) is 0. The molecule has 2 saturated heterocycles. The van der Waals surface area contributed by atoms with E-state index < -0.39 is 14.6 Å². The van der Waals surface area contributed by atoms with E-state index in [9.17, 15) is 13.2 Å². The number of rotatable bonds is 7. The van der Waals surface area contributed by atoms with Crippen molar-refractivity contribution in [1.82, 2.24) is 9.88 Å². The molecule has 0 unspecified atom stereocenters. The minimum atomic E-state index is -3.21. The molecular weight excluding hydrogens is 344 g/mol. The molecule has 0 aliphatic carbocycles. The highest BCUT2D eigenvalue weighted by molar-refractivity contribution is 7.93. The van der Waals surface area contributed by atoms with E-state index in [4.69, 9.17) is 9.47 Å². The number of likely N-dealkylation sites (tertiary alicyclic amines) is 1. The van der Waals surface area contributed by atoms with E-state index in [1.165, 1.54) is 0 Å². The Morgan fingerprint density at radius 3 is 2.84 bits per heavy atom. The van der Waals surface area contributed by atoms with Crippen molar-refractivity contribution in [3.05, 3.63) is 30.1 Å². The SMILES string of the molecule is CCOCC(=O)N1CC2(C1)[C@H](COCc1ccccn1)CCS2(=O)=O. The third-order valence-corrected chi connectivity index (χ3v) is 7.70. The lowest BCUT2D eigenvalue weighted by Crippen LogP contribution is -2.69. The summed E-state index contributed by atoms with van der Waals surface area (Å²) in [5.74, 6) is -0.0712. The number of hydrogen-bond acceptors (Lipinski definition) is 6. The number of pyridine rings is 1. The standard InChI is InChI=1S/C17H24N2O5S/c1-2-23-11-16(20)19-12-17(13-19)14(6-8-25(17,21)22)9-24-10-15-5-3-4-7-18-15/h3-5,7,14H,2,6,8-13H2,1H3/t14-/m0/s1. The molecule has 1 atom stereocenters. The van der Waals surface area contributed by atoms with Crippen LogP contribution in [0.25, 0.3) is 0 Å². The topological polar surface area (TPSA) is 85.8 Å². The molecule has 7 nitrogen and oxygen atoms in total. The highest BCUT2D eigenvalue weighted by Crippen LogP contribution is 2.44. The Morgan fingerprint density at radius 2 is 2.16 bits per heavy atom. The van der Waals surface area contributed by atoms with Crippen molar-refractivity contribution in [2.75, 3.05) is 38.7 Å². The van der Waals surface area contributed by atoms with Crippen molar-refractivity contribution in [1.29, 1.82) is 0 Å². The van der Waals surface area contributed by atoms with Crippen LogP contribution in [-0.2, 0) is 30.7 Å². The minimum absolute atomic E-state index is 0.00741. The molecule has 3 heterocycles. The second-order valence-corrected chi connectivity index (χ2v) is 9.04. The van der Waals surface area contributed by atoms with Crippen molar-refractivity contribution < 1.29 is 22.7 Å². The highest BCUT2D eigenvalue weighted by atomic mass is 32.2. The van der Waals surface area contributed by atoms with Crippen molar-refractivity contribution >= 4 is 15.7 Å². The third-order valence-electron chi connectivity index (χ3n) is 5.09. The van der Waals surface area contributed by atoms with Crippen molar-refractivity contribution in [3.8, 4) is 0 Å². The summed E-state index contributed by atoms with van der Waals surface area (Å²) in [6.07, 6.45) is 2.28. The van der Waals surface area contributed by atoms with Crippen LogP contribution < -0.4 is 0 Å². The zero-order valence-corrected chi connectivity index (χ0v) is 15.2. The van der Waals surface area contributed by atoms with Crippen LogP contribution in [0.15, 0.2) is 24.4 Å². The van der Waals surface area contributed by atoms with Crippen LogP contribution in [0.3, 0.4) is 0 Å². The fourth-order valence-corrected chi connectivity index (χ4v) is 5.95. The summed E-state index contributed by atoms with van der Waals surface area (Å²) in [6, 6.07) is 5.60. The summed E-state index contributed by atoms with van der Waals surface area (Å²) >= 11 is 0. The number of aromatic nitrogens is 1. The number of ether oxygens (including phenoxy) is 2. The monoisotopic (exact) mass is 368 g/mol. The average Bonchev–Trinajstić information content (AvgIpc) is 2.83. The van der Waals surface area contributed by atoms with Gasteiger partial charge in [0.05, 0.1) is 24.7 Å². The van der Waals surface area contributed by atoms with E-state index in [1.54, 1.807) is 11.1 Å². The van der Waals surface area contributed by atoms with E-state index in [1.807, 2.05) is 25.1 Å². The van der Waals surface area contributed by atoms with E-state index in [0.29, 0.717) is 26.2 Å². The van der Waals surface area contributed by atoms with Gasteiger partial charge < -0.3 is 14.4 Å². The van der Waals surface area contributed by atoms with Crippen LogP contribution in [-0.4, -0.2) is 67.6 Å². The molecule has 2 fully saturated rings. The maximum atomic E-state index is 12.6. The molecule has 1 aromatic heterocycles. The molecule has 0 N–H and O–H groups in total. The second-order valence-electron chi connectivity index (χ2n) is 6.59. The van der Waals surface area contributed by atoms with Crippen LogP contribution in [0.1, 0.15) is 19.0 Å². The van der Waals surface area contributed by atoms with E-state index in [-0.39, 0.29) is 37.3 Å². The van der Waals surface area contributed by atoms with Crippen LogP contribution >= 0.6 is 0 Å². The number of carbonyl (C=O) groups excluding carboxylic acids is 1. The molecule has 0 bridgehead atoms. The quantitative estimate of drug-likeness (QED) is 0.702. The van der Waals surface area contributed by atoms with Gasteiger partial charge in [-0.25, -0.2) is 8.42 Å². The predicted molar refractivity (Wildman–Crippen MR) is 91.6 cm³/mol. The lowest BCUT2D eigenvalue weighted by atomic mass is 9.83. The lowest BCUT2D eigenvalue weighted by Gasteiger charge is -2.49. The van der Waals surface area contributed by atoms with Gasteiger partial charge in [-0.3, -0.25) is 9.78 Å². The molecule has 2 aliphatic rings. The first-order chi connectivity index (χ1) is 12.0. The van der Waals surface area contributed by atoms with Gasteiger partial charge in [0.1, 0.15) is 11.4 Å². The van der Waals surface area contributed by atoms with E-state index in [2.05, 4.69) is 4.98 Å². The lowest BCUT2D eigenvalue weighted by molar-refractivity contribution is -0.142. The predicted octanol–water partition coefficient (Wildman–Crippen LogP) is 0.650. The Kier molecular flexibility index (Phi) is 5.41. The molecule has 0 radical (unpaired) electrons. The zero-order chi connectivity index (χ0) is 17.9. The number of carbonyl (C=O) groups is 1. The largest absolute Gasteiger partial charge is 0.375 e. The molecule has 8 heteroatoms. The van der Waals surface area contributed by atoms with Crippen LogP contribution in [0, 0.1) is 5.92 Å². The van der Waals surface area contributed by atoms with Gasteiger partial charge >= 0.3 is 0 Å². The Hall–Kier alpha value is -1.51. The van der Waals surface area contributed by atoms with Gasteiger partial charge in [-0.05, 0) is 25.5 Å². The van der Waals surface area contributed by atoms with Crippen molar-refractivity contribution in [2.45, 2.75) is 24.7 Å². The third kappa shape index (κ3) is 3.56. The fraction of sp³-hybridized carbons (Fsp3) is 0.647. The van der Waals surface area contributed by atoms with Gasteiger partial charge in [-0.15, -0.1) is 0 Å². The Balaban J connectivity index is 1.58. The number of nitrogens with zero attached hydrogens (tertiary/aromatic N) is 2. The summed E-state index contributed by atoms with van der Waals surface area (Å²) in [6.45, 7) is 3.52. The Bertz CT molecular complexity index is 701. The van der Waals surface area contributed by atoms with Crippen LogP contribution in [0.4, 0.5) is 0 Å². The molecule has 3 rings (SSSR count). The Labute approximate surface area is 148 Å². The Morgan fingerprint density at radius 1 is 1.36 bits per heavy atom. The van der Waals surface area contributed by atoms with Crippen LogP contribution in [0.2, 0.25) is 0 Å². The fourth-order valence-electron chi connectivity index (χ4n) is 3.55. The zero-order valence-electron chi connectivity index (χ0n) is 14.4. The first-order valence-electron chi connectivity index (χ1n) is 8.54. The van der Waals surface area contributed by atoms with Gasteiger partial charge in [0.2, 0.25) is 5.91 Å². The second kappa shape index (κ2) is 7.39. The molecule has 2 aliphatic heterocycles. The van der Waals surface area contributed by atoms with Gasteiger partial charge in [0, 0.05) is 31.8 Å². The number of amides is 1. The number of hydrogen-bond donors (Lipinski definition) is 0. The van der Waals surface area contributed by atoms with Gasteiger partial charge in [0.15, 0.2) is 9.84 Å². The molecule has 1 amide bonds. The molecule has 0 saturated carbocycles. The normalized spacial score (nSPS) is 23.6. The van der Waals surface area contributed by atoms with Gasteiger partial charge in [0.25, 0.3) is 0 Å². The highest BCUT2D eigenvalue weighted by Gasteiger charge is 2.62. The van der Waals surface area contributed by atoms with Crippen molar-refractivity contribution in [3.63, 3.8) is 0 Å². The first kappa shape index (κ1) is 18.3. The first-order valence-corrected chi connectivity index (χ1v) is 10.2. The van der Waals surface area contributed by atoms with Crippen molar-refractivity contribution in [2.24, 2.45) is 5.92 Å². The van der Waals surface area contributed by atoms with E-state index >= 15 is 0 Å². The maximum Gasteiger partial charge on any atom is 0.248 e.